The van der Waals surface area contributed by atoms with Gasteiger partial charge in [0.1, 0.15) is 6.10 Å². The lowest BCUT2D eigenvalue weighted by Crippen LogP contribution is -2.35. The van der Waals surface area contributed by atoms with E-state index in [-0.39, 0.29) is 6.10 Å². The van der Waals surface area contributed by atoms with Gasteiger partial charge in [-0.25, -0.2) is 0 Å². The van der Waals surface area contributed by atoms with Crippen LogP contribution in [0.4, 0.5) is 0 Å². The van der Waals surface area contributed by atoms with Crippen LogP contribution in [0.5, 0.6) is 0 Å². The Morgan fingerprint density at radius 2 is 1.88 bits per heavy atom. The van der Waals surface area contributed by atoms with Gasteiger partial charge in [-0.2, -0.15) is 0 Å². The number of likely N-dealkylation sites (tertiary alicyclic amines) is 1. The van der Waals surface area contributed by atoms with Crippen LogP contribution in [0.2, 0.25) is 5.02 Å². The predicted octanol–water partition coefficient (Wildman–Crippen LogP) is 5.40. The summed E-state index contributed by atoms with van der Waals surface area (Å²) in [5, 5.41) is 3.04. The molecule has 4 heteroatoms. The zero-order valence-electron chi connectivity index (χ0n) is 15.0. The lowest BCUT2D eigenvalue weighted by atomic mass is 9.99. The third-order valence-corrected chi connectivity index (χ3v) is 5.51. The molecule has 2 aromatic carbocycles. The van der Waals surface area contributed by atoms with E-state index >= 15 is 0 Å². The summed E-state index contributed by atoms with van der Waals surface area (Å²) < 4.78 is 6.41. The summed E-state index contributed by atoms with van der Waals surface area (Å²) in [4.78, 5) is 7.06. The third kappa shape index (κ3) is 3.94. The molecule has 0 bridgehead atoms. The molecule has 1 atom stereocenters. The first kappa shape index (κ1) is 17.6. The lowest BCUT2D eigenvalue weighted by molar-refractivity contribution is 0.112. The molecule has 0 saturated carbocycles. The Morgan fingerprint density at radius 3 is 2.65 bits per heavy atom. The zero-order valence-corrected chi connectivity index (χ0v) is 15.8. The van der Waals surface area contributed by atoms with Crippen molar-refractivity contribution in [2.24, 2.45) is 4.99 Å². The largest absolute Gasteiger partial charge is 0.468 e. The van der Waals surface area contributed by atoms with E-state index in [4.69, 9.17) is 16.3 Å². The molecule has 4 rings (SSSR count). The van der Waals surface area contributed by atoms with Gasteiger partial charge in [0.25, 0.3) is 0 Å². The van der Waals surface area contributed by atoms with Gasteiger partial charge in [-0.05, 0) is 49.9 Å². The summed E-state index contributed by atoms with van der Waals surface area (Å²) >= 11 is 6.58. The minimum Gasteiger partial charge on any atom is -0.468 e. The number of halogens is 1. The van der Waals surface area contributed by atoms with Crippen LogP contribution in [0.15, 0.2) is 53.5 Å². The number of nitrogens with zero attached hydrogens (tertiary/aromatic N) is 2. The molecule has 0 N–H and O–H groups in total. The van der Waals surface area contributed by atoms with Crippen LogP contribution in [0, 0.1) is 0 Å². The Kier molecular flexibility index (Phi) is 5.57. The molecule has 2 aromatic rings. The minimum absolute atomic E-state index is 0.0711. The average Bonchev–Trinajstić information content (AvgIpc) is 2.69. The molecule has 0 spiro atoms. The van der Waals surface area contributed by atoms with E-state index in [9.17, 15) is 0 Å². The van der Waals surface area contributed by atoms with Crippen LogP contribution < -0.4 is 0 Å². The van der Waals surface area contributed by atoms with Crippen molar-refractivity contribution >= 4 is 28.3 Å². The van der Waals surface area contributed by atoms with E-state index in [0.29, 0.717) is 0 Å². The molecular weight excluding hydrogens is 344 g/mol. The van der Waals surface area contributed by atoms with Crippen molar-refractivity contribution in [3.63, 3.8) is 0 Å². The molecule has 1 saturated heterocycles. The number of hydrogen-bond donors (Lipinski definition) is 0. The number of hydrogen-bond acceptors (Lipinski definition) is 3. The fraction of sp³-hybridized carbons (Fsp3) is 0.409. The normalized spacial score (nSPS) is 19.3. The number of rotatable bonds is 4. The number of aliphatic imine (C=N–C) groups is 1. The van der Waals surface area contributed by atoms with Crippen LogP contribution in [0.25, 0.3) is 10.8 Å². The standard InChI is InChI=1S/C22H25ClN2O/c23-19-11-7-9-17-8-6-10-18(22(17)19)20(16-25-14-4-1-5-15-25)26-21-12-2-3-13-24-21/h2,6-12,20H,1,3-5,13-16H2. The molecule has 0 aromatic heterocycles. The van der Waals surface area contributed by atoms with Crippen molar-refractivity contribution in [2.75, 3.05) is 26.2 Å². The Morgan fingerprint density at radius 1 is 1.08 bits per heavy atom. The van der Waals surface area contributed by atoms with Crippen LogP contribution in [0.3, 0.4) is 0 Å². The molecule has 1 unspecified atom stereocenters. The second kappa shape index (κ2) is 8.24. The Bertz CT molecular complexity index is 819. The summed E-state index contributed by atoms with van der Waals surface area (Å²) in [6, 6.07) is 12.4. The minimum atomic E-state index is -0.0711. The topological polar surface area (TPSA) is 24.8 Å². The SMILES string of the molecule is Clc1cccc2cccc(C(CN3CCCCC3)OC3=NCCC=C3)c12. The van der Waals surface area contributed by atoms with E-state index in [0.717, 1.165) is 59.9 Å². The van der Waals surface area contributed by atoms with E-state index < -0.39 is 0 Å². The number of ether oxygens (including phenoxy) is 1. The molecule has 2 aliphatic rings. The second-order valence-corrected chi connectivity index (χ2v) is 7.47. The molecule has 0 amide bonds. The molecule has 3 nitrogen and oxygen atoms in total. The van der Waals surface area contributed by atoms with Crippen molar-refractivity contribution in [2.45, 2.75) is 31.8 Å². The molecule has 136 valence electrons. The highest BCUT2D eigenvalue weighted by Gasteiger charge is 2.23. The highest BCUT2D eigenvalue weighted by molar-refractivity contribution is 6.35. The van der Waals surface area contributed by atoms with E-state index in [1.54, 1.807) is 0 Å². The first-order chi connectivity index (χ1) is 12.8. The molecular formula is C22H25ClN2O. The maximum Gasteiger partial charge on any atom is 0.208 e. The summed E-state index contributed by atoms with van der Waals surface area (Å²) in [5.41, 5.74) is 1.15. The molecule has 1 fully saturated rings. The van der Waals surface area contributed by atoms with Gasteiger partial charge in [0.05, 0.1) is 0 Å². The predicted molar refractivity (Wildman–Crippen MR) is 109 cm³/mol. The Hall–Kier alpha value is -1.84. The van der Waals surface area contributed by atoms with Gasteiger partial charge >= 0.3 is 0 Å². The number of fused-ring (bicyclic) bond motifs is 1. The zero-order chi connectivity index (χ0) is 17.8. The molecule has 0 aliphatic carbocycles. The third-order valence-electron chi connectivity index (χ3n) is 5.19. The van der Waals surface area contributed by atoms with Crippen LogP contribution >= 0.6 is 11.6 Å². The summed E-state index contributed by atoms with van der Waals surface area (Å²) in [5.74, 6) is 0.738. The van der Waals surface area contributed by atoms with Gasteiger partial charge in [-0.3, -0.25) is 9.89 Å². The molecule has 2 aliphatic heterocycles. The highest BCUT2D eigenvalue weighted by atomic mass is 35.5. The maximum absolute atomic E-state index is 6.58. The Labute approximate surface area is 160 Å². The average molecular weight is 369 g/mol. The smallest absolute Gasteiger partial charge is 0.208 e. The van der Waals surface area contributed by atoms with Crippen molar-refractivity contribution in [1.29, 1.82) is 0 Å². The van der Waals surface area contributed by atoms with E-state index in [2.05, 4.69) is 40.2 Å². The first-order valence-corrected chi connectivity index (χ1v) is 9.96. The van der Waals surface area contributed by atoms with Gasteiger partial charge in [-0.15, -0.1) is 0 Å². The van der Waals surface area contributed by atoms with Crippen LogP contribution in [-0.2, 0) is 4.74 Å². The number of piperidine rings is 1. The molecule has 0 radical (unpaired) electrons. The summed E-state index contributed by atoms with van der Waals surface area (Å²) in [7, 11) is 0. The fourth-order valence-corrected chi connectivity index (χ4v) is 4.17. The molecule has 26 heavy (non-hydrogen) atoms. The van der Waals surface area contributed by atoms with Gasteiger partial charge in [0, 0.05) is 29.1 Å². The van der Waals surface area contributed by atoms with Crippen molar-refractivity contribution < 1.29 is 4.74 Å². The number of benzene rings is 2. The van der Waals surface area contributed by atoms with Crippen molar-refractivity contribution in [1.82, 2.24) is 4.90 Å². The van der Waals surface area contributed by atoms with Gasteiger partial charge in [0.15, 0.2) is 0 Å². The van der Waals surface area contributed by atoms with Gasteiger partial charge in [0.2, 0.25) is 5.90 Å². The first-order valence-electron chi connectivity index (χ1n) is 9.58. The molecule has 2 heterocycles. The van der Waals surface area contributed by atoms with Crippen molar-refractivity contribution in [3.8, 4) is 0 Å². The quantitative estimate of drug-likeness (QED) is 0.722. The number of dihydropyridines is 1. The highest BCUT2D eigenvalue weighted by Crippen LogP contribution is 2.33. The van der Waals surface area contributed by atoms with Crippen LogP contribution in [0.1, 0.15) is 37.4 Å². The van der Waals surface area contributed by atoms with E-state index in [1.165, 1.54) is 19.3 Å². The van der Waals surface area contributed by atoms with Crippen molar-refractivity contribution in [3.05, 3.63) is 59.1 Å². The Balaban J connectivity index is 1.69. The van der Waals surface area contributed by atoms with Gasteiger partial charge < -0.3 is 4.74 Å². The van der Waals surface area contributed by atoms with Gasteiger partial charge in [-0.1, -0.05) is 54.4 Å². The maximum atomic E-state index is 6.58. The van der Waals surface area contributed by atoms with E-state index in [1.807, 2.05) is 18.2 Å². The van der Waals surface area contributed by atoms with Crippen LogP contribution in [-0.4, -0.2) is 37.0 Å². The fourth-order valence-electron chi connectivity index (χ4n) is 3.88. The lowest BCUT2D eigenvalue weighted by Gasteiger charge is -2.31. The monoisotopic (exact) mass is 368 g/mol. The summed E-state index contributed by atoms with van der Waals surface area (Å²) in [6.07, 6.45) is 8.92. The summed E-state index contributed by atoms with van der Waals surface area (Å²) in [6.45, 7) is 3.96. The second-order valence-electron chi connectivity index (χ2n) is 7.06.